The molecule has 0 rings (SSSR count). The van der Waals surface area contributed by atoms with Crippen LogP contribution in [0.25, 0.3) is 0 Å². The van der Waals surface area contributed by atoms with Crippen molar-refractivity contribution in [1.29, 1.82) is 0 Å². The van der Waals surface area contributed by atoms with Crippen molar-refractivity contribution in [1.82, 2.24) is 5.32 Å². The molecule has 92 valence electrons. The fraction of sp³-hybridized carbons (Fsp3) is 1.00. The number of hydrogen-bond acceptors (Lipinski definition) is 1. The van der Waals surface area contributed by atoms with E-state index in [4.69, 9.17) is 0 Å². The third kappa shape index (κ3) is 8.92. The van der Waals surface area contributed by atoms with Crippen molar-refractivity contribution in [2.75, 3.05) is 7.05 Å². The Hall–Kier alpha value is -0.0400. The van der Waals surface area contributed by atoms with Gasteiger partial charge in [0.05, 0.1) is 0 Å². The maximum absolute atomic E-state index is 3.45. The highest BCUT2D eigenvalue weighted by molar-refractivity contribution is 4.72. The molecule has 1 heteroatoms. The quantitative estimate of drug-likeness (QED) is 0.667. The zero-order valence-corrected chi connectivity index (χ0v) is 11.7. The van der Waals surface area contributed by atoms with Gasteiger partial charge in [-0.05, 0) is 37.6 Å². The van der Waals surface area contributed by atoms with Crippen LogP contribution < -0.4 is 5.32 Å². The van der Waals surface area contributed by atoms with Crippen molar-refractivity contribution >= 4 is 0 Å². The van der Waals surface area contributed by atoms with Gasteiger partial charge in [-0.2, -0.15) is 0 Å². The molecule has 15 heavy (non-hydrogen) atoms. The Kier molecular flexibility index (Phi) is 7.25. The topological polar surface area (TPSA) is 12.0 Å². The van der Waals surface area contributed by atoms with E-state index < -0.39 is 0 Å². The molecular formula is C14H31N. The molecule has 0 aromatic carbocycles. The van der Waals surface area contributed by atoms with Gasteiger partial charge in [0.15, 0.2) is 0 Å². The second-order valence-corrected chi connectivity index (χ2v) is 6.23. The van der Waals surface area contributed by atoms with E-state index in [9.17, 15) is 0 Å². The Morgan fingerprint density at radius 1 is 1.20 bits per heavy atom. The summed E-state index contributed by atoms with van der Waals surface area (Å²) < 4.78 is 0. The normalized spacial score (nSPS) is 16.4. The fourth-order valence-corrected chi connectivity index (χ4v) is 2.44. The van der Waals surface area contributed by atoms with Crippen LogP contribution in [0.1, 0.15) is 66.7 Å². The molecule has 2 atom stereocenters. The van der Waals surface area contributed by atoms with Crippen molar-refractivity contribution in [3.63, 3.8) is 0 Å². The van der Waals surface area contributed by atoms with Gasteiger partial charge in [0.2, 0.25) is 0 Å². The number of unbranched alkanes of at least 4 members (excludes halogenated alkanes) is 1. The van der Waals surface area contributed by atoms with Crippen molar-refractivity contribution in [2.24, 2.45) is 11.3 Å². The summed E-state index contributed by atoms with van der Waals surface area (Å²) in [5, 5.41) is 3.45. The second-order valence-electron chi connectivity index (χ2n) is 6.23. The summed E-state index contributed by atoms with van der Waals surface area (Å²) in [4.78, 5) is 0. The summed E-state index contributed by atoms with van der Waals surface area (Å²) in [5.41, 5.74) is 0.475. The third-order valence-corrected chi connectivity index (χ3v) is 2.96. The van der Waals surface area contributed by atoms with Crippen LogP contribution in [0.5, 0.6) is 0 Å². The lowest BCUT2D eigenvalue weighted by Crippen LogP contribution is -2.28. The molecule has 0 saturated heterocycles. The Balaban J connectivity index is 3.85. The molecule has 0 aliphatic heterocycles. The lowest BCUT2D eigenvalue weighted by Gasteiger charge is -2.26. The first-order valence-corrected chi connectivity index (χ1v) is 6.56. The Morgan fingerprint density at radius 3 is 2.20 bits per heavy atom. The highest BCUT2D eigenvalue weighted by Crippen LogP contribution is 2.27. The molecule has 1 N–H and O–H groups in total. The van der Waals surface area contributed by atoms with Crippen molar-refractivity contribution in [2.45, 2.75) is 72.8 Å². The SMILES string of the molecule is CCCCC(CC(C)CC(C)(C)C)NC. The molecule has 0 aliphatic rings. The summed E-state index contributed by atoms with van der Waals surface area (Å²) in [6, 6.07) is 0.724. The summed E-state index contributed by atoms with van der Waals surface area (Å²) >= 11 is 0. The average molecular weight is 213 g/mol. The maximum atomic E-state index is 3.45. The summed E-state index contributed by atoms with van der Waals surface area (Å²) in [6.07, 6.45) is 6.66. The number of hydrogen-bond donors (Lipinski definition) is 1. The van der Waals surface area contributed by atoms with Gasteiger partial charge in [-0.1, -0.05) is 47.5 Å². The minimum absolute atomic E-state index is 0.475. The van der Waals surface area contributed by atoms with E-state index in [2.05, 4.69) is 47.0 Å². The van der Waals surface area contributed by atoms with E-state index in [0.717, 1.165) is 12.0 Å². The average Bonchev–Trinajstić information content (AvgIpc) is 2.09. The van der Waals surface area contributed by atoms with Crippen molar-refractivity contribution in [3.8, 4) is 0 Å². The molecule has 0 spiro atoms. The molecule has 0 aliphatic carbocycles. The molecule has 0 bridgehead atoms. The number of rotatable bonds is 7. The lowest BCUT2D eigenvalue weighted by molar-refractivity contribution is 0.273. The zero-order chi connectivity index (χ0) is 11.9. The first-order valence-electron chi connectivity index (χ1n) is 6.56. The fourth-order valence-electron chi connectivity index (χ4n) is 2.44. The van der Waals surface area contributed by atoms with Gasteiger partial charge in [-0.25, -0.2) is 0 Å². The van der Waals surface area contributed by atoms with Crippen molar-refractivity contribution < 1.29 is 0 Å². The minimum Gasteiger partial charge on any atom is -0.317 e. The van der Waals surface area contributed by atoms with Gasteiger partial charge in [0.1, 0.15) is 0 Å². The first kappa shape index (κ1) is 15.0. The van der Waals surface area contributed by atoms with Crippen LogP contribution in [0.4, 0.5) is 0 Å². The van der Waals surface area contributed by atoms with Crippen LogP contribution in [0.2, 0.25) is 0 Å². The first-order chi connectivity index (χ1) is 6.89. The van der Waals surface area contributed by atoms with Gasteiger partial charge in [-0.15, -0.1) is 0 Å². The molecule has 0 saturated carbocycles. The smallest absolute Gasteiger partial charge is 0.00666 e. The van der Waals surface area contributed by atoms with Crippen LogP contribution in [0.3, 0.4) is 0 Å². The van der Waals surface area contributed by atoms with Crippen LogP contribution in [0.15, 0.2) is 0 Å². The van der Waals surface area contributed by atoms with E-state index in [1.165, 1.54) is 32.1 Å². The van der Waals surface area contributed by atoms with Crippen LogP contribution in [-0.2, 0) is 0 Å². The maximum Gasteiger partial charge on any atom is 0.00666 e. The molecular weight excluding hydrogens is 182 g/mol. The molecule has 0 aromatic heterocycles. The van der Waals surface area contributed by atoms with Gasteiger partial charge < -0.3 is 5.32 Å². The molecule has 2 unspecified atom stereocenters. The molecule has 0 heterocycles. The lowest BCUT2D eigenvalue weighted by atomic mass is 9.82. The van der Waals surface area contributed by atoms with E-state index in [1.807, 2.05) is 0 Å². The highest BCUT2D eigenvalue weighted by atomic mass is 14.9. The van der Waals surface area contributed by atoms with Crippen LogP contribution in [0, 0.1) is 11.3 Å². The van der Waals surface area contributed by atoms with E-state index in [1.54, 1.807) is 0 Å². The summed E-state index contributed by atoms with van der Waals surface area (Å²) in [6.45, 7) is 11.7. The zero-order valence-electron chi connectivity index (χ0n) is 11.7. The van der Waals surface area contributed by atoms with E-state index >= 15 is 0 Å². The van der Waals surface area contributed by atoms with E-state index in [-0.39, 0.29) is 0 Å². The Labute approximate surface area is 97.0 Å². The predicted octanol–water partition coefficient (Wildman–Crippen LogP) is 4.23. The molecule has 0 amide bonds. The van der Waals surface area contributed by atoms with E-state index in [0.29, 0.717) is 5.41 Å². The molecule has 0 aromatic rings. The summed E-state index contributed by atoms with van der Waals surface area (Å²) in [7, 11) is 2.10. The standard InChI is InChI=1S/C14H31N/c1-7-8-9-13(15-6)10-12(2)11-14(3,4)5/h12-13,15H,7-11H2,1-6H3. The molecule has 0 fully saturated rings. The second kappa shape index (κ2) is 7.27. The van der Waals surface area contributed by atoms with Gasteiger partial charge in [0.25, 0.3) is 0 Å². The van der Waals surface area contributed by atoms with Crippen LogP contribution >= 0.6 is 0 Å². The predicted molar refractivity (Wildman–Crippen MR) is 70.2 cm³/mol. The highest BCUT2D eigenvalue weighted by Gasteiger charge is 2.18. The van der Waals surface area contributed by atoms with Gasteiger partial charge in [0, 0.05) is 6.04 Å². The van der Waals surface area contributed by atoms with Crippen LogP contribution in [-0.4, -0.2) is 13.1 Å². The molecule has 0 radical (unpaired) electrons. The largest absolute Gasteiger partial charge is 0.317 e. The number of nitrogens with one attached hydrogen (secondary N) is 1. The minimum atomic E-state index is 0.475. The third-order valence-electron chi connectivity index (χ3n) is 2.96. The Bertz CT molecular complexity index is 146. The molecule has 1 nitrogen and oxygen atoms in total. The summed E-state index contributed by atoms with van der Waals surface area (Å²) in [5.74, 6) is 0.833. The Morgan fingerprint density at radius 2 is 1.80 bits per heavy atom. The van der Waals surface area contributed by atoms with Gasteiger partial charge in [-0.3, -0.25) is 0 Å². The van der Waals surface area contributed by atoms with Crippen molar-refractivity contribution in [3.05, 3.63) is 0 Å². The van der Waals surface area contributed by atoms with Gasteiger partial charge >= 0.3 is 0 Å². The monoisotopic (exact) mass is 213 g/mol.